The average molecular weight is 1400 g/mol. The van der Waals surface area contributed by atoms with Gasteiger partial charge in [0.05, 0.1) is 26.4 Å². The van der Waals surface area contributed by atoms with Crippen LogP contribution in [0.5, 0.6) is 0 Å². The molecule has 0 aliphatic heterocycles. The first-order valence-electron chi connectivity index (χ1n) is 39.3. The Bertz CT molecular complexity index is 1870. The maximum atomic E-state index is 13.1. The highest BCUT2D eigenvalue weighted by atomic mass is 31.2. The molecule has 17 nitrogen and oxygen atoms in total. The number of phosphoric ester groups is 2. The molecule has 0 bridgehead atoms. The maximum Gasteiger partial charge on any atom is 0.472 e. The van der Waals surface area contributed by atoms with Crippen LogP contribution >= 0.6 is 15.6 Å². The van der Waals surface area contributed by atoms with Crippen molar-refractivity contribution >= 4 is 39.5 Å². The number of esters is 4. The summed E-state index contributed by atoms with van der Waals surface area (Å²) in [4.78, 5) is 72.7. The first-order valence-corrected chi connectivity index (χ1v) is 42.3. The third-order valence-corrected chi connectivity index (χ3v) is 20.2. The Morgan fingerprint density at radius 3 is 0.747 bits per heavy atom. The van der Waals surface area contributed by atoms with Gasteiger partial charge in [0.15, 0.2) is 12.2 Å². The van der Waals surface area contributed by atoms with Crippen molar-refractivity contribution in [3.8, 4) is 0 Å². The second-order valence-electron chi connectivity index (χ2n) is 28.8. The lowest BCUT2D eigenvalue weighted by molar-refractivity contribution is -0.161. The van der Waals surface area contributed by atoms with Gasteiger partial charge in [-0.3, -0.25) is 37.3 Å². The predicted molar refractivity (Wildman–Crippen MR) is 386 cm³/mol. The molecule has 564 valence electrons. The largest absolute Gasteiger partial charge is 0.472 e. The molecule has 0 radical (unpaired) electrons. The van der Waals surface area contributed by atoms with Gasteiger partial charge in [-0.2, -0.15) is 0 Å². The molecule has 0 aliphatic rings. The number of unbranched alkanes of at least 4 members (excludes halogenated alkanes) is 37. The number of carbonyl (C=O) groups is 4. The molecule has 0 rings (SSSR count). The van der Waals surface area contributed by atoms with Gasteiger partial charge in [0.1, 0.15) is 19.3 Å². The van der Waals surface area contributed by atoms with Crippen molar-refractivity contribution in [1.29, 1.82) is 0 Å². The standard InChI is InChI=1S/C76H148O17P2/c1-9-68(7)54-46-38-29-25-21-17-14-15-19-23-27-31-43-51-59-75(80)92-71(62-86-73(78)56-48-40-34-32-37-45-53-67(5)6)64-90-94(82,83)88-60-70(77)61-89-95(84,85)91-65-72(63-87-74(79)57-49-41-35-33-39-47-55-69(8)10-2)93-76(81)58-50-42-30-26-22-18-13-11-12-16-20-24-28-36-44-52-66(3)4/h66-72,77H,9-65H2,1-8H3,(H,82,83)(H,84,85)/t68?,69?,70-,71-,72-/m1/s1. The molecule has 0 aromatic carbocycles. The summed E-state index contributed by atoms with van der Waals surface area (Å²) < 4.78 is 68.5. The summed E-state index contributed by atoms with van der Waals surface area (Å²) in [7, 11) is -9.91. The molecule has 19 heteroatoms. The van der Waals surface area contributed by atoms with Crippen molar-refractivity contribution in [2.24, 2.45) is 23.7 Å². The zero-order valence-corrected chi connectivity index (χ0v) is 64.1. The van der Waals surface area contributed by atoms with Crippen molar-refractivity contribution in [2.75, 3.05) is 39.6 Å². The summed E-state index contributed by atoms with van der Waals surface area (Å²) in [6, 6.07) is 0. The Balaban J connectivity index is 5.19. The Morgan fingerprint density at radius 1 is 0.295 bits per heavy atom. The number of rotatable bonds is 73. The Hall–Kier alpha value is -1.94. The van der Waals surface area contributed by atoms with Crippen LogP contribution in [-0.2, 0) is 65.4 Å². The summed E-state index contributed by atoms with van der Waals surface area (Å²) in [5, 5.41) is 10.6. The fourth-order valence-electron chi connectivity index (χ4n) is 11.5. The van der Waals surface area contributed by atoms with Gasteiger partial charge < -0.3 is 33.8 Å². The molecule has 7 atom stereocenters. The maximum absolute atomic E-state index is 13.1. The van der Waals surface area contributed by atoms with Crippen molar-refractivity contribution in [1.82, 2.24) is 0 Å². The molecule has 0 amide bonds. The third kappa shape index (κ3) is 67.6. The van der Waals surface area contributed by atoms with E-state index in [4.69, 9.17) is 37.0 Å². The van der Waals surface area contributed by atoms with Crippen LogP contribution in [0.3, 0.4) is 0 Å². The van der Waals surface area contributed by atoms with E-state index in [1.165, 1.54) is 173 Å². The lowest BCUT2D eigenvalue weighted by Gasteiger charge is -2.21. The third-order valence-electron chi connectivity index (χ3n) is 18.3. The molecule has 0 fully saturated rings. The lowest BCUT2D eigenvalue weighted by atomic mass is 9.99. The molecule has 95 heavy (non-hydrogen) atoms. The molecule has 0 aromatic rings. The molecule has 3 N–H and O–H groups in total. The highest BCUT2D eigenvalue weighted by Crippen LogP contribution is 2.45. The Kier molecular flexibility index (Phi) is 64.0. The molecule has 0 heterocycles. The van der Waals surface area contributed by atoms with Gasteiger partial charge in [-0.1, -0.05) is 331 Å². The summed E-state index contributed by atoms with van der Waals surface area (Å²) in [6.45, 7) is 14.2. The van der Waals surface area contributed by atoms with E-state index in [1.807, 2.05) is 0 Å². The van der Waals surface area contributed by atoms with E-state index in [1.54, 1.807) is 0 Å². The summed E-state index contributed by atoms with van der Waals surface area (Å²) in [6.07, 6.45) is 50.1. The van der Waals surface area contributed by atoms with Gasteiger partial charge >= 0.3 is 39.5 Å². The normalized spacial score (nSPS) is 14.7. The predicted octanol–water partition coefficient (Wildman–Crippen LogP) is 22.0. The minimum Gasteiger partial charge on any atom is -0.462 e. The van der Waals surface area contributed by atoms with Gasteiger partial charge in [0.25, 0.3) is 0 Å². The van der Waals surface area contributed by atoms with E-state index in [-0.39, 0.29) is 25.7 Å². The number of phosphoric acid groups is 2. The highest BCUT2D eigenvalue weighted by Gasteiger charge is 2.30. The number of carbonyl (C=O) groups excluding carboxylic acids is 4. The van der Waals surface area contributed by atoms with Crippen molar-refractivity contribution < 1.29 is 80.2 Å². The highest BCUT2D eigenvalue weighted by molar-refractivity contribution is 7.47. The topological polar surface area (TPSA) is 237 Å². The zero-order valence-electron chi connectivity index (χ0n) is 62.3. The quantitative estimate of drug-likeness (QED) is 0.0222. The lowest BCUT2D eigenvalue weighted by Crippen LogP contribution is -2.30. The zero-order chi connectivity index (χ0) is 70.3. The van der Waals surface area contributed by atoms with Crippen LogP contribution in [0.25, 0.3) is 0 Å². The number of hydrogen-bond acceptors (Lipinski definition) is 15. The number of hydrogen-bond donors (Lipinski definition) is 3. The van der Waals surface area contributed by atoms with Crippen LogP contribution < -0.4 is 0 Å². The molecule has 0 spiro atoms. The Morgan fingerprint density at radius 2 is 0.505 bits per heavy atom. The fraction of sp³-hybridized carbons (Fsp3) is 0.947. The molecule has 0 aliphatic carbocycles. The van der Waals surface area contributed by atoms with Gasteiger partial charge in [-0.05, 0) is 49.4 Å². The van der Waals surface area contributed by atoms with Crippen LogP contribution in [0.1, 0.15) is 383 Å². The summed E-state index contributed by atoms with van der Waals surface area (Å²) in [5.41, 5.74) is 0. The van der Waals surface area contributed by atoms with Gasteiger partial charge in [0, 0.05) is 25.7 Å². The molecule has 0 aromatic heterocycles. The smallest absolute Gasteiger partial charge is 0.462 e. The minimum atomic E-state index is -4.96. The van der Waals surface area contributed by atoms with Crippen LogP contribution in [-0.4, -0.2) is 96.7 Å². The SMILES string of the molecule is CCC(C)CCCCCCCCCCCCCCCCC(=O)O[C@H](COC(=O)CCCCCCCCC(C)C)COP(=O)(O)OC[C@@H](O)COP(=O)(O)OC[C@@H](COC(=O)CCCCCCCCC(C)CC)OC(=O)CCCCCCCCCCCCCCCCCC(C)C. The van der Waals surface area contributed by atoms with Crippen LogP contribution in [0, 0.1) is 23.7 Å². The van der Waals surface area contributed by atoms with Crippen molar-refractivity contribution in [3.05, 3.63) is 0 Å². The van der Waals surface area contributed by atoms with Gasteiger partial charge in [-0.25, -0.2) is 9.13 Å². The van der Waals surface area contributed by atoms with Crippen LogP contribution in [0.2, 0.25) is 0 Å². The van der Waals surface area contributed by atoms with Crippen LogP contribution in [0.15, 0.2) is 0 Å². The van der Waals surface area contributed by atoms with Gasteiger partial charge in [-0.15, -0.1) is 0 Å². The van der Waals surface area contributed by atoms with Crippen molar-refractivity contribution in [3.63, 3.8) is 0 Å². The van der Waals surface area contributed by atoms with E-state index < -0.39 is 97.5 Å². The molecular weight excluding hydrogens is 1250 g/mol. The number of ether oxygens (including phenoxy) is 4. The fourth-order valence-corrected chi connectivity index (χ4v) is 13.1. The monoisotopic (exact) mass is 1400 g/mol. The van der Waals surface area contributed by atoms with E-state index in [0.29, 0.717) is 31.6 Å². The number of aliphatic hydroxyl groups excluding tert-OH is 1. The second kappa shape index (κ2) is 65.4. The molecule has 0 saturated carbocycles. The van der Waals surface area contributed by atoms with Crippen molar-refractivity contribution in [2.45, 2.75) is 401 Å². The van der Waals surface area contributed by atoms with E-state index in [9.17, 15) is 43.2 Å². The Labute approximate surface area is 581 Å². The summed E-state index contributed by atoms with van der Waals surface area (Å²) in [5.74, 6) is 0.935. The minimum absolute atomic E-state index is 0.106. The first kappa shape index (κ1) is 93.1. The van der Waals surface area contributed by atoms with E-state index in [2.05, 4.69) is 55.4 Å². The van der Waals surface area contributed by atoms with E-state index in [0.717, 1.165) is 120 Å². The number of aliphatic hydroxyl groups is 1. The van der Waals surface area contributed by atoms with E-state index >= 15 is 0 Å². The second-order valence-corrected chi connectivity index (χ2v) is 31.7. The molecular formula is C76H148O17P2. The van der Waals surface area contributed by atoms with Gasteiger partial charge in [0.2, 0.25) is 0 Å². The first-order chi connectivity index (χ1) is 45.7. The van der Waals surface area contributed by atoms with Crippen LogP contribution in [0.4, 0.5) is 0 Å². The molecule has 4 unspecified atom stereocenters. The summed E-state index contributed by atoms with van der Waals surface area (Å²) >= 11 is 0. The molecule has 0 saturated heterocycles. The average Bonchev–Trinajstić information content (AvgIpc) is 2.25.